The van der Waals surface area contributed by atoms with Gasteiger partial charge in [-0.05, 0) is 24.4 Å². The second-order valence-electron chi connectivity index (χ2n) is 5.26. The highest BCUT2D eigenvalue weighted by Crippen LogP contribution is 2.30. The molecule has 106 valence electrons. The van der Waals surface area contributed by atoms with Crippen molar-refractivity contribution in [2.75, 3.05) is 19.0 Å². The van der Waals surface area contributed by atoms with Gasteiger partial charge >= 0.3 is 0 Å². The number of fused-ring (bicyclic) bond motifs is 1. The zero-order chi connectivity index (χ0) is 14.3. The van der Waals surface area contributed by atoms with E-state index in [1.807, 2.05) is 23.6 Å². The maximum Gasteiger partial charge on any atom is 0.226 e. The van der Waals surface area contributed by atoms with Crippen molar-refractivity contribution in [3.05, 3.63) is 11.6 Å². The third-order valence-electron chi connectivity index (χ3n) is 3.66. The number of anilines is 1. The summed E-state index contributed by atoms with van der Waals surface area (Å²) in [6.07, 6.45) is 5.17. The third kappa shape index (κ3) is 2.14. The quantitative estimate of drug-likeness (QED) is 0.795. The summed E-state index contributed by atoms with van der Waals surface area (Å²) >= 11 is 6.00. The number of nitrogens with zero attached hydrogens (tertiary/aromatic N) is 5. The van der Waals surface area contributed by atoms with Crippen LogP contribution < -0.4 is 4.90 Å². The molecule has 6 nitrogen and oxygen atoms in total. The van der Waals surface area contributed by atoms with Gasteiger partial charge in [-0.1, -0.05) is 6.42 Å². The van der Waals surface area contributed by atoms with E-state index < -0.39 is 0 Å². The fourth-order valence-corrected chi connectivity index (χ4v) is 2.83. The van der Waals surface area contributed by atoms with Crippen molar-refractivity contribution in [2.24, 2.45) is 0 Å². The predicted molar refractivity (Wildman–Crippen MR) is 77.2 cm³/mol. The number of hydrogen-bond acceptors (Lipinski definition) is 5. The molecule has 1 aliphatic rings. The molecular weight excluding hydrogens is 278 g/mol. The van der Waals surface area contributed by atoms with Gasteiger partial charge in [-0.25, -0.2) is 4.98 Å². The van der Waals surface area contributed by atoms with Gasteiger partial charge in [0, 0.05) is 20.5 Å². The van der Waals surface area contributed by atoms with Crippen molar-refractivity contribution >= 4 is 34.4 Å². The average Bonchev–Trinajstić information content (AvgIpc) is 2.81. The van der Waals surface area contributed by atoms with Crippen LogP contribution in [0.15, 0.2) is 6.33 Å². The first-order valence-corrected chi connectivity index (χ1v) is 7.06. The molecular formula is C13H16ClN5O. The third-order valence-corrected chi connectivity index (χ3v) is 3.83. The molecule has 0 radical (unpaired) electrons. The zero-order valence-electron chi connectivity index (χ0n) is 11.5. The molecule has 0 bridgehead atoms. The Balaban J connectivity index is 2.15. The van der Waals surface area contributed by atoms with E-state index in [0.29, 0.717) is 23.4 Å². The second-order valence-corrected chi connectivity index (χ2v) is 5.60. The van der Waals surface area contributed by atoms with E-state index in [1.165, 1.54) is 0 Å². The number of imidazole rings is 1. The van der Waals surface area contributed by atoms with Crippen molar-refractivity contribution in [3.63, 3.8) is 0 Å². The molecule has 1 aliphatic carbocycles. The number of rotatable bonds is 2. The van der Waals surface area contributed by atoms with Gasteiger partial charge in [0.2, 0.25) is 5.28 Å². The first kappa shape index (κ1) is 13.3. The number of aromatic nitrogens is 4. The van der Waals surface area contributed by atoms with Crippen LogP contribution in [0.2, 0.25) is 5.28 Å². The van der Waals surface area contributed by atoms with Crippen molar-refractivity contribution in [1.29, 1.82) is 0 Å². The SMILES string of the molecule is CN(C)c1nc(Cl)nc2c1ncn2C1CCCCC1=O. The van der Waals surface area contributed by atoms with Gasteiger partial charge in [0.1, 0.15) is 0 Å². The molecule has 0 saturated heterocycles. The summed E-state index contributed by atoms with van der Waals surface area (Å²) in [5.74, 6) is 0.915. The van der Waals surface area contributed by atoms with Gasteiger partial charge in [0.25, 0.3) is 0 Å². The van der Waals surface area contributed by atoms with E-state index >= 15 is 0 Å². The molecule has 7 heteroatoms. The molecule has 1 unspecified atom stereocenters. The molecule has 2 aromatic rings. The number of hydrogen-bond donors (Lipinski definition) is 0. The Hall–Kier alpha value is -1.69. The van der Waals surface area contributed by atoms with Crippen molar-refractivity contribution < 1.29 is 4.79 Å². The van der Waals surface area contributed by atoms with Crippen LogP contribution in [0.4, 0.5) is 5.82 Å². The molecule has 0 amide bonds. The van der Waals surface area contributed by atoms with Gasteiger partial charge in [-0.2, -0.15) is 9.97 Å². The Kier molecular flexibility index (Phi) is 3.33. The summed E-state index contributed by atoms with van der Waals surface area (Å²) < 4.78 is 1.84. The number of carbonyl (C=O) groups is 1. The lowest BCUT2D eigenvalue weighted by Gasteiger charge is -2.22. The number of ketones is 1. The van der Waals surface area contributed by atoms with Crippen LogP contribution in [0.5, 0.6) is 0 Å². The fraction of sp³-hybridized carbons (Fsp3) is 0.538. The normalized spacial score (nSPS) is 19.6. The highest BCUT2D eigenvalue weighted by Gasteiger charge is 2.26. The second kappa shape index (κ2) is 5.01. The topological polar surface area (TPSA) is 63.9 Å². The molecule has 0 N–H and O–H groups in total. The summed E-state index contributed by atoms with van der Waals surface area (Å²) in [7, 11) is 3.76. The van der Waals surface area contributed by atoms with Crippen molar-refractivity contribution in [2.45, 2.75) is 31.7 Å². The lowest BCUT2D eigenvalue weighted by atomic mass is 9.94. The highest BCUT2D eigenvalue weighted by atomic mass is 35.5. The molecule has 0 spiro atoms. The van der Waals surface area contributed by atoms with E-state index in [1.54, 1.807) is 6.33 Å². The zero-order valence-corrected chi connectivity index (χ0v) is 12.3. The summed E-state index contributed by atoms with van der Waals surface area (Å²) in [6.45, 7) is 0. The minimum absolute atomic E-state index is 0.172. The highest BCUT2D eigenvalue weighted by molar-refractivity contribution is 6.28. The molecule has 1 atom stereocenters. The van der Waals surface area contributed by atoms with E-state index in [4.69, 9.17) is 11.6 Å². The monoisotopic (exact) mass is 293 g/mol. The molecule has 0 aliphatic heterocycles. The molecule has 20 heavy (non-hydrogen) atoms. The maximum atomic E-state index is 12.1. The lowest BCUT2D eigenvalue weighted by Crippen LogP contribution is -2.22. The standard InChI is InChI=1S/C13H16ClN5O/c1-18(2)11-10-12(17-13(14)16-11)19(7-15-10)8-5-3-4-6-9(8)20/h7-8H,3-6H2,1-2H3. The van der Waals surface area contributed by atoms with Gasteiger partial charge in [-0.3, -0.25) is 4.79 Å². The van der Waals surface area contributed by atoms with E-state index in [0.717, 1.165) is 19.3 Å². The lowest BCUT2D eigenvalue weighted by molar-refractivity contribution is -0.123. The number of halogens is 1. The maximum absolute atomic E-state index is 12.1. The Bertz CT molecular complexity index is 666. The Morgan fingerprint density at radius 3 is 2.85 bits per heavy atom. The van der Waals surface area contributed by atoms with Crippen LogP contribution in [0.1, 0.15) is 31.7 Å². The van der Waals surface area contributed by atoms with Crippen LogP contribution in [-0.2, 0) is 4.79 Å². The van der Waals surface area contributed by atoms with Crippen LogP contribution in [0.3, 0.4) is 0 Å². The van der Waals surface area contributed by atoms with Crippen LogP contribution >= 0.6 is 11.6 Å². The van der Waals surface area contributed by atoms with Gasteiger partial charge in [0.15, 0.2) is 22.8 Å². The van der Waals surface area contributed by atoms with E-state index in [9.17, 15) is 4.79 Å². The van der Waals surface area contributed by atoms with Crippen molar-refractivity contribution in [1.82, 2.24) is 19.5 Å². The molecule has 2 heterocycles. The molecule has 1 fully saturated rings. The predicted octanol–water partition coefficient (Wildman–Crippen LogP) is 2.23. The fourth-order valence-electron chi connectivity index (χ4n) is 2.67. The summed E-state index contributed by atoms with van der Waals surface area (Å²) in [6, 6.07) is -0.172. The molecule has 3 rings (SSSR count). The van der Waals surface area contributed by atoms with E-state index in [-0.39, 0.29) is 17.1 Å². The summed E-state index contributed by atoms with van der Waals surface area (Å²) in [4.78, 5) is 26.8. The molecule has 0 aromatic carbocycles. The van der Waals surface area contributed by atoms with Crippen LogP contribution in [-0.4, -0.2) is 39.4 Å². The van der Waals surface area contributed by atoms with Crippen molar-refractivity contribution in [3.8, 4) is 0 Å². The Morgan fingerprint density at radius 2 is 2.15 bits per heavy atom. The largest absolute Gasteiger partial charge is 0.361 e. The van der Waals surface area contributed by atoms with E-state index in [2.05, 4.69) is 15.0 Å². The van der Waals surface area contributed by atoms with Gasteiger partial charge in [0.05, 0.1) is 12.4 Å². The van der Waals surface area contributed by atoms with Gasteiger partial charge in [-0.15, -0.1) is 0 Å². The van der Waals surface area contributed by atoms with Gasteiger partial charge < -0.3 is 9.47 Å². The summed E-state index contributed by atoms with van der Waals surface area (Å²) in [5.41, 5.74) is 1.31. The Labute approximate surface area is 121 Å². The smallest absolute Gasteiger partial charge is 0.226 e. The minimum Gasteiger partial charge on any atom is -0.361 e. The molecule has 2 aromatic heterocycles. The number of Topliss-reactive ketones (excluding diaryl/α,β-unsaturated/α-hetero) is 1. The first-order chi connectivity index (χ1) is 9.58. The molecule has 1 saturated carbocycles. The van der Waals surface area contributed by atoms with Crippen LogP contribution in [0, 0.1) is 0 Å². The summed E-state index contributed by atoms with van der Waals surface area (Å²) in [5, 5.41) is 0.172. The minimum atomic E-state index is -0.172. The first-order valence-electron chi connectivity index (χ1n) is 6.68. The Morgan fingerprint density at radius 1 is 1.35 bits per heavy atom. The number of carbonyl (C=O) groups excluding carboxylic acids is 1. The van der Waals surface area contributed by atoms with Crippen LogP contribution in [0.25, 0.3) is 11.2 Å². The average molecular weight is 294 g/mol.